The number of piperazine rings is 1. The smallest absolute Gasteiger partial charge is 0.205 e. The fourth-order valence-corrected chi connectivity index (χ4v) is 3.91. The first-order chi connectivity index (χ1) is 13.2. The van der Waals surface area contributed by atoms with Gasteiger partial charge in [-0.05, 0) is 24.1 Å². The second kappa shape index (κ2) is 11.4. The maximum Gasteiger partial charge on any atom is 0.205 e. The molecule has 2 heterocycles. The summed E-state index contributed by atoms with van der Waals surface area (Å²) in [5.74, 6) is 2.80. The maximum atomic E-state index is 5.29. The van der Waals surface area contributed by atoms with Crippen molar-refractivity contribution in [2.75, 3.05) is 51.8 Å². The summed E-state index contributed by atoms with van der Waals surface area (Å²) in [5.41, 5.74) is 1.25. The van der Waals surface area contributed by atoms with E-state index >= 15 is 0 Å². The molecule has 0 aliphatic carbocycles. The van der Waals surface area contributed by atoms with Crippen LogP contribution < -0.4 is 15.0 Å². The lowest BCUT2D eigenvalue weighted by Gasteiger charge is -2.36. The molecule has 0 bridgehead atoms. The van der Waals surface area contributed by atoms with Crippen LogP contribution in [0.5, 0.6) is 5.75 Å². The molecule has 2 aromatic rings. The molecule has 0 amide bonds. The first-order valence-electron chi connectivity index (χ1n) is 9.39. The third-order valence-corrected chi connectivity index (χ3v) is 5.48. The van der Waals surface area contributed by atoms with Gasteiger partial charge in [-0.1, -0.05) is 19.1 Å². The molecule has 1 aromatic heterocycles. The van der Waals surface area contributed by atoms with Crippen LogP contribution >= 0.6 is 35.5 Å². The van der Waals surface area contributed by atoms with Gasteiger partial charge in [-0.15, -0.1) is 24.0 Å². The van der Waals surface area contributed by atoms with Gasteiger partial charge in [-0.25, -0.2) is 4.98 Å². The summed E-state index contributed by atoms with van der Waals surface area (Å²) in [5, 5.41) is 4.52. The van der Waals surface area contributed by atoms with E-state index in [2.05, 4.69) is 48.5 Å². The number of aliphatic imine (C=N–C) groups is 1. The highest BCUT2D eigenvalue weighted by Gasteiger charge is 2.21. The molecule has 0 atom stereocenters. The molecule has 1 aromatic carbocycles. The fourth-order valence-electron chi connectivity index (χ4n) is 3.11. The van der Waals surface area contributed by atoms with Crippen molar-refractivity contribution in [1.29, 1.82) is 0 Å². The van der Waals surface area contributed by atoms with E-state index in [-0.39, 0.29) is 24.0 Å². The van der Waals surface area contributed by atoms with Crippen molar-refractivity contribution in [2.24, 2.45) is 4.99 Å². The molecule has 0 unspecified atom stereocenters. The lowest BCUT2D eigenvalue weighted by Crippen LogP contribution is -2.52. The number of aromatic nitrogens is 2. The Bertz CT molecular complexity index is 760. The number of ether oxygens (including phenoxy) is 1. The molecule has 3 rings (SSSR count). The van der Waals surface area contributed by atoms with Crippen molar-refractivity contribution in [3.63, 3.8) is 0 Å². The Kier molecular flexibility index (Phi) is 9.23. The molecule has 0 radical (unpaired) electrons. The van der Waals surface area contributed by atoms with E-state index in [1.165, 1.54) is 17.1 Å². The van der Waals surface area contributed by atoms with E-state index in [0.717, 1.165) is 68.2 Å². The summed E-state index contributed by atoms with van der Waals surface area (Å²) in [6, 6.07) is 8.20. The van der Waals surface area contributed by atoms with Crippen molar-refractivity contribution in [1.82, 2.24) is 19.6 Å². The molecule has 1 aliphatic rings. The quantitative estimate of drug-likeness (QED) is 0.362. The number of methoxy groups -OCH3 is 1. The van der Waals surface area contributed by atoms with Crippen molar-refractivity contribution >= 4 is 46.6 Å². The molecule has 28 heavy (non-hydrogen) atoms. The minimum atomic E-state index is 0. The Hall–Kier alpha value is -1.62. The van der Waals surface area contributed by atoms with Crippen LogP contribution in [0.3, 0.4) is 0 Å². The van der Waals surface area contributed by atoms with Gasteiger partial charge in [0.15, 0.2) is 5.96 Å². The van der Waals surface area contributed by atoms with Crippen LogP contribution in [0, 0.1) is 0 Å². The van der Waals surface area contributed by atoms with Crippen LogP contribution in [-0.2, 0) is 12.8 Å². The topological polar surface area (TPSA) is 65.9 Å². The molecule has 154 valence electrons. The first kappa shape index (κ1) is 22.7. The average Bonchev–Trinajstić information content (AvgIpc) is 3.21. The number of anilines is 1. The van der Waals surface area contributed by atoms with Crippen molar-refractivity contribution < 1.29 is 4.74 Å². The average molecular weight is 516 g/mol. The summed E-state index contributed by atoms with van der Waals surface area (Å²) >= 11 is 1.50. The zero-order chi connectivity index (χ0) is 19.1. The maximum absolute atomic E-state index is 5.29. The Morgan fingerprint density at radius 2 is 2.07 bits per heavy atom. The lowest BCUT2D eigenvalue weighted by molar-refractivity contribution is 0.372. The number of nitrogens with one attached hydrogen (secondary N) is 1. The molecule has 1 saturated heterocycles. The van der Waals surface area contributed by atoms with E-state index < -0.39 is 0 Å². The minimum absolute atomic E-state index is 0. The van der Waals surface area contributed by atoms with Crippen LogP contribution in [0.2, 0.25) is 0 Å². The standard InChI is InChI=1S/C19H28N6OS.HI/c1-4-17-22-19(27-23-17)25-12-10-24(11-13-25)18(20-2)21-9-8-15-6-5-7-16(14-15)26-3;/h5-7,14H,4,8-13H2,1-3H3,(H,20,21);1H. The van der Waals surface area contributed by atoms with Gasteiger partial charge >= 0.3 is 0 Å². The highest BCUT2D eigenvalue weighted by atomic mass is 127. The van der Waals surface area contributed by atoms with Crippen molar-refractivity contribution in [3.8, 4) is 5.75 Å². The van der Waals surface area contributed by atoms with Crippen LogP contribution in [0.4, 0.5) is 5.13 Å². The number of rotatable bonds is 6. The van der Waals surface area contributed by atoms with Crippen molar-refractivity contribution in [3.05, 3.63) is 35.7 Å². The predicted octanol–water partition coefficient (Wildman–Crippen LogP) is 2.67. The van der Waals surface area contributed by atoms with Gasteiger partial charge < -0.3 is 19.9 Å². The number of guanidine groups is 1. The summed E-state index contributed by atoms with van der Waals surface area (Å²) in [7, 11) is 3.54. The Labute approximate surface area is 188 Å². The third-order valence-electron chi connectivity index (χ3n) is 4.67. The number of nitrogens with zero attached hydrogens (tertiary/aromatic N) is 5. The largest absolute Gasteiger partial charge is 0.497 e. The van der Waals surface area contributed by atoms with Gasteiger partial charge in [0.05, 0.1) is 7.11 Å². The summed E-state index contributed by atoms with van der Waals surface area (Å²) in [6.45, 7) is 6.67. The van der Waals surface area contributed by atoms with Crippen LogP contribution in [-0.4, -0.2) is 67.1 Å². The Morgan fingerprint density at radius 3 is 2.71 bits per heavy atom. The summed E-state index contributed by atoms with van der Waals surface area (Å²) < 4.78 is 9.68. The van der Waals surface area contributed by atoms with E-state index in [4.69, 9.17) is 4.74 Å². The molecule has 0 saturated carbocycles. The van der Waals surface area contributed by atoms with Gasteiger partial charge in [0.1, 0.15) is 11.6 Å². The Balaban J connectivity index is 0.00000280. The zero-order valence-corrected chi connectivity index (χ0v) is 19.9. The fraction of sp³-hybridized carbons (Fsp3) is 0.526. The molecular formula is C19H29IN6OS. The van der Waals surface area contributed by atoms with Crippen LogP contribution in [0.1, 0.15) is 18.3 Å². The van der Waals surface area contributed by atoms with Crippen LogP contribution in [0.25, 0.3) is 0 Å². The number of aryl methyl sites for hydroxylation is 1. The van der Waals surface area contributed by atoms with Gasteiger partial charge in [-0.2, -0.15) is 4.37 Å². The van der Waals surface area contributed by atoms with Crippen LogP contribution in [0.15, 0.2) is 29.3 Å². The van der Waals surface area contributed by atoms with Crippen molar-refractivity contribution in [2.45, 2.75) is 19.8 Å². The summed E-state index contributed by atoms with van der Waals surface area (Å²) in [6.07, 6.45) is 1.82. The Morgan fingerprint density at radius 1 is 1.29 bits per heavy atom. The molecule has 9 heteroatoms. The van der Waals surface area contributed by atoms with Gasteiger partial charge in [-0.3, -0.25) is 4.99 Å². The molecule has 7 nitrogen and oxygen atoms in total. The number of benzene rings is 1. The minimum Gasteiger partial charge on any atom is -0.497 e. The van der Waals surface area contributed by atoms with Gasteiger partial charge in [0.2, 0.25) is 5.13 Å². The highest BCUT2D eigenvalue weighted by molar-refractivity contribution is 14.0. The summed E-state index contributed by atoms with van der Waals surface area (Å²) in [4.78, 5) is 13.7. The molecule has 1 aliphatic heterocycles. The van der Waals surface area contributed by atoms with E-state index in [1.54, 1.807) is 7.11 Å². The number of hydrogen-bond donors (Lipinski definition) is 1. The lowest BCUT2D eigenvalue weighted by atomic mass is 10.1. The molecule has 0 spiro atoms. The van der Waals surface area contributed by atoms with Gasteiger partial charge in [0, 0.05) is 57.7 Å². The number of hydrogen-bond acceptors (Lipinski definition) is 6. The molecule has 1 N–H and O–H groups in total. The van der Waals surface area contributed by atoms with E-state index in [1.807, 2.05) is 19.2 Å². The first-order valence-corrected chi connectivity index (χ1v) is 10.2. The number of halogens is 1. The predicted molar refractivity (Wildman–Crippen MR) is 127 cm³/mol. The zero-order valence-electron chi connectivity index (χ0n) is 16.7. The molecule has 1 fully saturated rings. The normalized spacial score (nSPS) is 14.6. The van der Waals surface area contributed by atoms with E-state index in [9.17, 15) is 0 Å². The second-order valence-corrected chi connectivity index (χ2v) is 7.13. The molecular weight excluding hydrogens is 487 g/mol. The SMILES string of the molecule is CCc1nsc(N2CCN(C(=NC)NCCc3cccc(OC)c3)CC2)n1.I. The second-order valence-electron chi connectivity index (χ2n) is 6.40. The van der Waals surface area contributed by atoms with E-state index in [0.29, 0.717) is 0 Å². The third kappa shape index (κ3) is 5.94. The highest BCUT2D eigenvalue weighted by Crippen LogP contribution is 2.19. The van der Waals surface area contributed by atoms with Gasteiger partial charge in [0.25, 0.3) is 0 Å². The monoisotopic (exact) mass is 516 g/mol.